The molecule has 0 saturated heterocycles. The Morgan fingerprint density at radius 3 is 2.55 bits per heavy atom. The second-order valence-corrected chi connectivity index (χ2v) is 5.71. The Kier molecular flexibility index (Phi) is 6.20. The number of aliphatic carboxylic acids is 1. The Balaban J connectivity index is 2.61. The van der Waals surface area contributed by atoms with Crippen molar-refractivity contribution in [3.05, 3.63) is 36.9 Å². The number of carboxylic acid groups (broad SMARTS) is 1. The minimum Gasteiger partial charge on any atom is -0.493 e. The van der Waals surface area contributed by atoms with Crippen LogP contribution in [0, 0.1) is 0 Å². The molecule has 0 fully saturated rings. The summed E-state index contributed by atoms with van der Waals surface area (Å²) in [6.45, 7) is 3.85. The van der Waals surface area contributed by atoms with Crippen molar-refractivity contribution >= 4 is 16.0 Å². The van der Waals surface area contributed by atoms with Crippen LogP contribution >= 0.6 is 0 Å². The van der Waals surface area contributed by atoms with E-state index in [0.29, 0.717) is 18.7 Å². The van der Waals surface area contributed by atoms with E-state index < -0.39 is 16.0 Å². The van der Waals surface area contributed by atoms with Gasteiger partial charge in [-0.3, -0.25) is 4.79 Å². The molecular weight excluding hydrogens is 282 g/mol. The van der Waals surface area contributed by atoms with E-state index in [4.69, 9.17) is 9.84 Å². The van der Waals surface area contributed by atoms with E-state index in [-0.39, 0.29) is 17.9 Å². The molecule has 0 aromatic heterocycles. The van der Waals surface area contributed by atoms with Crippen molar-refractivity contribution in [3.8, 4) is 5.75 Å². The lowest BCUT2D eigenvalue weighted by atomic mass is 10.3. The molecule has 0 aliphatic heterocycles. The van der Waals surface area contributed by atoms with Crippen LogP contribution < -0.4 is 9.46 Å². The Morgan fingerprint density at radius 2 is 2.00 bits per heavy atom. The minimum absolute atomic E-state index is 0.0407. The molecule has 7 heteroatoms. The molecule has 0 aliphatic carbocycles. The van der Waals surface area contributed by atoms with Gasteiger partial charge in [-0.15, -0.1) is 6.58 Å². The van der Waals surface area contributed by atoms with Gasteiger partial charge in [0.25, 0.3) is 0 Å². The Hall–Kier alpha value is -1.86. The van der Waals surface area contributed by atoms with Crippen LogP contribution in [-0.4, -0.2) is 32.6 Å². The number of benzene rings is 1. The minimum atomic E-state index is -3.53. The van der Waals surface area contributed by atoms with E-state index in [1.165, 1.54) is 24.3 Å². The van der Waals surface area contributed by atoms with Crippen LogP contribution in [0.2, 0.25) is 0 Å². The Morgan fingerprint density at radius 1 is 1.35 bits per heavy atom. The van der Waals surface area contributed by atoms with Crippen LogP contribution in [0.25, 0.3) is 0 Å². The van der Waals surface area contributed by atoms with Gasteiger partial charge in [-0.05, 0) is 30.7 Å². The van der Waals surface area contributed by atoms with Gasteiger partial charge < -0.3 is 9.84 Å². The molecule has 0 aliphatic rings. The fraction of sp³-hybridized carbons (Fsp3) is 0.308. The smallest absolute Gasteiger partial charge is 0.306 e. The molecule has 1 aromatic rings. The predicted molar refractivity (Wildman–Crippen MR) is 74.2 cm³/mol. The third-order valence-electron chi connectivity index (χ3n) is 2.36. The van der Waals surface area contributed by atoms with Crippen molar-refractivity contribution in [1.82, 2.24) is 4.72 Å². The molecule has 0 atom stereocenters. The van der Waals surface area contributed by atoms with Crippen molar-refractivity contribution in [2.24, 2.45) is 0 Å². The van der Waals surface area contributed by atoms with Gasteiger partial charge in [0, 0.05) is 6.54 Å². The monoisotopic (exact) mass is 299 g/mol. The van der Waals surface area contributed by atoms with Crippen LogP contribution in [-0.2, 0) is 14.8 Å². The summed E-state index contributed by atoms with van der Waals surface area (Å²) < 4.78 is 31.3. The number of hydrogen-bond acceptors (Lipinski definition) is 4. The summed E-state index contributed by atoms with van der Waals surface area (Å²) in [4.78, 5) is 10.5. The number of rotatable bonds is 9. The van der Waals surface area contributed by atoms with Crippen molar-refractivity contribution in [2.45, 2.75) is 17.7 Å². The molecule has 0 unspecified atom stereocenters. The lowest BCUT2D eigenvalue weighted by Crippen LogP contribution is -2.24. The molecule has 20 heavy (non-hydrogen) atoms. The SMILES string of the molecule is C=CCCNS(=O)(=O)c1ccc(OCCC(=O)O)cc1. The van der Waals surface area contributed by atoms with Crippen LogP contribution in [0.5, 0.6) is 5.75 Å². The molecule has 110 valence electrons. The third-order valence-corrected chi connectivity index (χ3v) is 3.84. The number of hydrogen-bond donors (Lipinski definition) is 2. The van der Waals surface area contributed by atoms with Gasteiger partial charge in [-0.1, -0.05) is 6.08 Å². The number of ether oxygens (including phenoxy) is 1. The maximum atomic E-state index is 11.9. The fourth-order valence-corrected chi connectivity index (χ4v) is 2.40. The number of nitrogens with one attached hydrogen (secondary N) is 1. The molecule has 0 radical (unpaired) electrons. The summed E-state index contributed by atoms with van der Waals surface area (Å²) in [6.07, 6.45) is 2.07. The van der Waals surface area contributed by atoms with Gasteiger partial charge in [0.05, 0.1) is 17.9 Å². The first-order valence-electron chi connectivity index (χ1n) is 6.01. The zero-order valence-corrected chi connectivity index (χ0v) is 11.7. The molecule has 0 bridgehead atoms. The molecular formula is C13H17NO5S. The van der Waals surface area contributed by atoms with Gasteiger partial charge in [0.2, 0.25) is 10.0 Å². The van der Waals surface area contributed by atoms with Crippen LogP contribution in [0.1, 0.15) is 12.8 Å². The third kappa shape index (κ3) is 5.41. The average molecular weight is 299 g/mol. The van der Waals surface area contributed by atoms with Crippen LogP contribution in [0.4, 0.5) is 0 Å². The zero-order chi connectivity index (χ0) is 15.0. The highest BCUT2D eigenvalue weighted by Crippen LogP contribution is 2.16. The van der Waals surface area contributed by atoms with Crippen molar-refractivity contribution in [3.63, 3.8) is 0 Å². The largest absolute Gasteiger partial charge is 0.493 e. The van der Waals surface area contributed by atoms with E-state index >= 15 is 0 Å². The van der Waals surface area contributed by atoms with Crippen LogP contribution in [0.15, 0.2) is 41.8 Å². The van der Waals surface area contributed by atoms with E-state index in [0.717, 1.165) is 0 Å². The number of carboxylic acids is 1. The summed E-state index contributed by atoms with van der Waals surface area (Å²) in [5.41, 5.74) is 0. The van der Waals surface area contributed by atoms with Crippen molar-refractivity contribution in [2.75, 3.05) is 13.2 Å². The fourth-order valence-electron chi connectivity index (χ4n) is 1.35. The van der Waals surface area contributed by atoms with Gasteiger partial charge in [0.1, 0.15) is 5.75 Å². The normalized spacial score (nSPS) is 11.0. The van der Waals surface area contributed by atoms with Crippen molar-refractivity contribution < 1.29 is 23.1 Å². The van der Waals surface area contributed by atoms with Gasteiger partial charge >= 0.3 is 5.97 Å². The maximum absolute atomic E-state index is 11.9. The molecule has 0 amide bonds. The zero-order valence-electron chi connectivity index (χ0n) is 10.9. The number of carbonyl (C=O) groups is 1. The maximum Gasteiger partial charge on any atom is 0.306 e. The van der Waals surface area contributed by atoms with E-state index in [1.54, 1.807) is 6.08 Å². The topological polar surface area (TPSA) is 92.7 Å². The van der Waals surface area contributed by atoms with Gasteiger partial charge in [0.15, 0.2) is 0 Å². The Bertz CT molecular complexity index is 551. The van der Waals surface area contributed by atoms with E-state index in [2.05, 4.69) is 11.3 Å². The molecule has 1 rings (SSSR count). The summed E-state index contributed by atoms with van der Waals surface area (Å²) >= 11 is 0. The summed E-state index contributed by atoms with van der Waals surface area (Å²) in [5, 5.41) is 8.47. The van der Waals surface area contributed by atoms with Crippen molar-refractivity contribution in [1.29, 1.82) is 0 Å². The first-order chi connectivity index (χ1) is 9.45. The Labute approximate surface area is 118 Å². The molecule has 0 heterocycles. The summed E-state index contributed by atoms with van der Waals surface area (Å²) in [6, 6.07) is 5.80. The molecule has 6 nitrogen and oxygen atoms in total. The summed E-state index contributed by atoms with van der Waals surface area (Å²) in [5.74, 6) is -0.521. The first kappa shape index (κ1) is 16.2. The lowest BCUT2D eigenvalue weighted by Gasteiger charge is -2.07. The first-order valence-corrected chi connectivity index (χ1v) is 7.49. The highest BCUT2D eigenvalue weighted by atomic mass is 32.2. The highest BCUT2D eigenvalue weighted by Gasteiger charge is 2.12. The second kappa shape index (κ2) is 7.66. The van der Waals surface area contributed by atoms with E-state index in [9.17, 15) is 13.2 Å². The molecule has 1 aromatic carbocycles. The second-order valence-electron chi connectivity index (χ2n) is 3.94. The van der Waals surface area contributed by atoms with Gasteiger partial charge in [-0.25, -0.2) is 13.1 Å². The quantitative estimate of drug-likeness (QED) is 0.531. The average Bonchev–Trinajstić information content (AvgIpc) is 2.39. The molecule has 0 spiro atoms. The van der Waals surface area contributed by atoms with Crippen LogP contribution in [0.3, 0.4) is 0 Å². The molecule has 0 saturated carbocycles. The lowest BCUT2D eigenvalue weighted by molar-refractivity contribution is -0.137. The molecule has 2 N–H and O–H groups in total. The van der Waals surface area contributed by atoms with Gasteiger partial charge in [-0.2, -0.15) is 0 Å². The number of sulfonamides is 1. The standard InChI is InChI=1S/C13H17NO5S/c1-2-3-9-14-20(17,18)12-6-4-11(5-7-12)19-10-8-13(15)16/h2,4-7,14H,1,3,8-10H2,(H,15,16). The predicted octanol–water partition coefficient (Wildman–Crippen LogP) is 1.39. The van der Waals surface area contributed by atoms with E-state index in [1.807, 2.05) is 0 Å². The summed E-state index contributed by atoms with van der Waals surface area (Å²) in [7, 11) is -3.53. The highest BCUT2D eigenvalue weighted by molar-refractivity contribution is 7.89.